The average Bonchev–Trinajstić information content (AvgIpc) is 3.46. The molecule has 0 aliphatic heterocycles. The van der Waals surface area contributed by atoms with Gasteiger partial charge in [0.1, 0.15) is 5.70 Å². The first-order valence-electron chi connectivity index (χ1n) is 12.0. The Labute approximate surface area is 239 Å². The summed E-state index contributed by atoms with van der Waals surface area (Å²) in [5.74, 6) is -1.04. The number of thiazole rings is 1. The summed E-state index contributed by atoms with van der Waals surface area (Å²) < 4.78 is 0. The molecule has 1 heterocycles. The van der Waals surface area contributed by atoms with E-state index in [0.717, 1.165) is 4.90 Å². The highest BCUT2D eigenvalue weighted by atomic mass is 35.5. The van der Waals surface area contributed by atoms with Crippen molar-refractivity contribution >= 4 is 69.3 Å². The molecule has 198 valence electrons. The van der Waals surface area contributed by atoms with Gasteiger partial charge in [-0.05, 0) is 60.5 Å². The van der Waals surface area contributed by atoms with Crippen LogP contribution in [0.3, 0.4) is 0 Å². The monoisotopic (exact) mass is 576 g/mol. The summed E-state index contributed by atoms with van der Waals surface area (Å²) in [4.78, 5) is 43.8. The van der Waals surface area contributed by atoms with Crippen molar-refractivity contribution in [2.75, 3.05) is 10.6 Å². The first-order valence-corrected chi connectivity index (χ1v) is 14.2. The molecule has 0 bridgehead atoms. The van der Waals surface area contributed by atoms with Crippen molar-refractivity contribution in [3.05, 3.63) is 112 Å². The second kappa shape index (κ2) is 13.7. The zero-order valence-corrected chi connectivity index (χ0v) is 23.3. The lowest BCUT2D eigenvalue weighted by Gasteiger charge is -2.15. The van der Waals surface area contributed by atoms with E-state index < -0.39 is 11.8 Å². The van der Waals surface area contributed by atoms with Gasteiger partial charge in [-0.15, -0.1) is 23.1 Å². The predicted molar refractivity (Wildman–Crippen MR) is 159 cm³/mol. The largest absolute Gasteiger partial charge is 0.321 e. The Kier molecular flexibility index (Phi) is 9.91. The second-order valence-electron chi connectivity index (χ2n) is 8.25. The summed E-state index contributed by atoms with van der Waals surface area (Å²) in [7, 11) is 0. The van der Waals surface area contributed by atoms with E-state index in [0.29, 0.717) is 33.4 Å². The molecular formula is C29H25ClN4O3S2. The Hall–Kier alpha value is -3.92. The van der Waals surface area contributed by atoms with Crippen LogP contribution in [0.25, 0.3) is 6.08 Å². The maximum Gasteiger partial charge on any atom is 0.272 e. The highest BCUT2D eigenvalue weighted by Gasteiger charge is 2.20. The molecule has 3 amide bonds. The number of anilines is 2. The number of carbonyl (C=O) groups is 3. The van der Waals surface area contributed by atoms with Crippen LogP contribution in [0, 0.1) is 0 Å². The fourth-order valence-electron chi connectivity index (χ4n) is 3.47. The van der Waals surface area contributed by atoms with E-state index in [2.05, 4.69) is 20.9 Å². The SMILES string of the molecule is CCC(Sc1cccc(NC(=O)/C(=C/c2ccc(Cl)cc2)NC(=O)c2ccccc2)c1)C(=O)Nc1nccs1. The molecule has 4 aromatic rings. The first-order chi connectivity index (χ1) is 18.9. The van der Waals surface area contributed by atoms with Crippen LogP contribution >= 0.6 is 34.7 Å². The summed E-state index contributed by atoms with van der Waals surface area (Å²) in [6.07, 6.45) is 3.83. The van der Waals surface area contributed by atoms with E-state index in [4.69, 9.17) is 11.6 Å². The van der Waals surface area contributed by atoms with Gasteiger partial charge in [-0.25, -0.2) is 4.98 Å². The van der Waals surface area contributed by atoms with Gasteiger partial charge in [0, 0.05) is 32.7 Å². The van der Waals surface area contributed by atoms with Gasteiger partial charge >= 0.3 is 0 Å². The fourth-order valence-corrected chi connectivity index (χ4v) is 5.14. The van der Waals surface area contributed by atoms with Gasteiger partial charge in [-0.3, -0.25) is 14.4 Å². The number of nitrogens with one attached hydrogen (secondary N) is 3. The number of halogens is 1. The van der Waals surface area contributed by atoms with Crippen molar-refractivity contribution in [2.24, 2.45) is 0 Å². The maximum atomic E-state index is 13.3. The molecule has 0 fully saturated rings. The van der Waals surface area contributed by atoms with E-state index in [1.54, 1.807) is 84.4 Å². The van der Waals surface area contributed by atoms with Crippen LogP contribution in [0.5, 0.6) is 0 Å². The van der Waals surface area contributed by atoms with Gasteiger partial charge in [-0.1, -0.05) is 54.9 Å². The lowest BCUT2D eigenvalue weighted by Crippen LogP contribution is -2.30. The van der Waals surface area contributed by atoms with Crippen LogP contribution in [0.2, 0.25) is 5.02 Å². The summed E-state index contributed by atoms with van der Waals surface area (Å²) in [5, 5.41) is 11.0. The smallest absolute Gasteiger partial charge is 0.272 e. The Morgan fingerprint density at radius 2 is 1.77 bits per heavy atom. The lowest BCUT2D eigenvalue weighted by molar-refractivity contribution is -0.116. The standard InChI is InChI=1S/C29H25ClN4O3S2/c1-2-25(28(37)34-29-31-15-16-38-29)39-23-10-6-9-22(18-23)32-27(36)24(17-19-11-13-21(30)14-12-19)33-26(35)20-7-4-3-5-8-20/h3-18,25H,2H2,1H3,(H,32,36)(H,33,35)(H,31,34,37)/b24-17-. The Morgan fingerprint density at radius 3 is 2.46 bits per heavy atom. The molecule has 3 aromatic carbocycles. The third-order valence-corrected chi connectivity index (χ3v) is 7.70. The molecule has 1 unspecified atom stereocenters. The Bertz CT molecular complexity index is 1460. The molecule has 0 aliphatic rings. The number of hydrogen-bond donors (Lipinski definition) is 3. The Morgan fingerprint density at radius 1 is 1.00 bits per heavy atom. The van der Waals surface area contributed by atoms with Crippen molar-refractivity contribution in [1.82, 2.24) is 10.3 Å². The molecule has 0 saturated heterocycles. The van der Waals surface area contributed by atoms with E-state index >= 15 is 0 Å². The third-order valence-electron chi connectivity index (χ3n) is 5.41. The highest BCUT2D eigenvalue weighted by molar-refractivity contribution is 8.00. The minimum Gasteiger partial charge on any atom is -0.321 e. The zero-order valence-electron chi connectivity index (χ0n) is 20.9. The van der Waals surface area contributed by atoms with Crippen molar-refractivity contribution in [3.63, 3.8) is 0 Å². The molecule has 1 atom stereocenters. The summed E-state index contributed by atoms with van der Waals surface area (Å²) >= 11 is 8.76. The quantitative estimate of drug-likeness (QED) is 0.144. The van der Waals surface area contributed by atoms with Crippen molar-refractivity contribution in [3.8, 4) is 0 Å². The van der Waals surface area contributed by atoms with Crippen molar-refractivity contribution in [2.45, 2.75) is 23.5 Å². The molecule has 10 heteroatoms. The van der Waals surface area contributed by atoms with Gasteiger partial charge < -0.3 is 16.0 Å². The molecule has 7 nitrogen and oxygen atoms in total. The third kappa shape index (κ3) is 8.28. The highest BCUT2D eigenvalue weighted by Crippen LogP contribution is 2.29. The van der Waals surface area contributed by atoms with Crippen LogP contribution in [0.1, 0.15) is 29.3 Å². The van der Waals surface area contributed by atoms with E-state index in [-0.39, 0.29) is 16.9 Å². The van der Waals surface area contributed by atoms with E-state index in [9.17, 15) is 14.4 Å². The molecule has 4 rings (SSSR count). The minimum absolute atomic E-state index is 0.0680. The molecule has 0 saturated carbocycles. The van der Waals surface area contributed by atoms with Gasteiger partial charge in [0.15, 0.2) is 5.13 Å². The maximum absolute atomic E-state index is 13.3. The number of hydrogen-bond acceptors (Lipinski definition) is 6. The molecular weight excluding hydrogens is 552 g/mol. The molecule has 0 spiro atoms. The summed E-state index contributed by atoms with van der Waals surface area (Å²) in [5.41, 5.74) is 1.71. The fraction of sp³-hybridized carbons (Fsp3) is 0.103. The number of thioether (sulfide) groups is 1. The molecule has 3 N–H and O–H groups in total. The normalized spacial score (nSPS) is 11.9. The number of aromatic nitrogens is 1. The van der Waals surface area contributed by atoms with Crippen LogP contribution < -0.4 is 16.0 Å². The van der Waals surface area contributed by atoms with Gasteiger partial charge in [0.05, 0.1) is 5.25 Å². The summed E-state index contributed by atoms with van der Waals surface area (Å²) in [6.45, 7) is 1.94. The second-order valence-corrected chi connectivity index (χ2v) is 10.9. The summed E-state index contributed by atoms with van der Waals surface area (Å²) in [6, 6.07) is 22.8. The molecule has 0 radical (unpaired) electrons. The zero-order chi connectivity index (χ0) is 27.6. The molecule has 0 aliphatic carbocycles. The topological polar surface area (TPSA) is 100 Å². The van der Waals surface area contributed by atoms with Crippen LogP contribution in [-0.4, -0.2) is 28.0 Å². The first kappa shape index (κ1) is 28.1. The number of benzene rings is 3. The minimum atomic E-state index is -0.495. The van der Waals surface area contributed by atoms with Gasteiger partial charge in [0.25, 0.3) is 11.8 Å². The predicted octanol–water partition coefficient (Wildman–Crippen LogP) is 6.72. The van der Waals surface area contributed by atoms with Crippen LogP contribution in [0.4, 0.5) is 10.8 Å². The van der Waals surface area contributed by atoms with Crippen LogP contribution in [-0.2, 0) is 9.59 Å². The molecule has 39 heavy (non-hydrogen) atoms. The van der Waals surface area contributed by atoms with Gasteiger partial charge in [0.2, 0.25) is 5.91 Å². The number of nitrogens with zero attached hydrogens (tertiary/aromatic N) is 1. The van der Waals surface area contributed by atoms with Crippen molar-refractivity contribution < 1.29 is 14.4 Å². The number of rotatable bonds is 10. The number of amides is 3. The van der Waals surface area contributed by atoms with E-state index in [1.165, 1.54) is 23.1 Å². The average molecular weight is 577 g/mol. The van der Waals surface area contributed by atoms with Crippen molar-refractivity contribution in [1.29, 1.82) is 0 Å². The Balaban J connectivity index is 1.50. The lowest BCUT2D eigenvalue weighted by atomic mass is 10.1. The number of carbonyl (C=O) groups excluding carboxylic acids is 3. The van der Waals surface area contributed by atoms with E-state index in [1.807, 2.05) is 19.1 Å². The van der Waals surface area contributed by atoms with Gasteiger partial charge in [-0.2, -0.15) is 0 Å². The molecule has 1 aromatic heterocycles. The van der Waals surface area contributed by atoms with Crippen LogP contribution in [0.15, 0.2) is 101 Å².